The van der Waals surface area contributed by atoms with Gasteiger partial charge in [-0.2, -0.15) is 0 Å². The van der Waals surface area contributed by atoms with Crippen molar-refractivity contribution in [1.29, 1.82) is 0 Å². The molecule has 2 aromatic rings. The summed E-state index contributed by atoms with van der Waals surface area (Å²) in [6.07, 6.45) is 3.59. The molecule has 3 heterocycles. The van der Waals surface area contributed by atoms with Crippen LogP contribution in [0.15, 0.2) is 54.6 Å². The highest BCUT2D eigenvalue weighted by Crippen LogP contribution is 2.24. The third-order valence-electron chi connectivity index (χ3n) is 11.3. The number of hydrogen-bond donors (Lipinski definition) is 6. The molecule has 5 rings (SSSR count). The number of nitrogens with two attached hydrogens (primary N) is 1. The van der Waals surface area contributed by atoms with Crippen molar-refractivity contribution >= 4 is 41.4 Å². The van der Waals surface area contributed by atoms with Gasteiger partial charge in [0.05, 0.1) is 12.6 Å². The first-order valence-corrected chi connectivity index (χ1v) is 19.9. The van der Waals surface area contributed by atoms with E-state index < -0.39 is 84.2 Å². The maximum absolute atomic E-state index is 14.3. The fourth-order valence-electron chi connectivity index (χ4n) is 7.96. The predicted octanol–water partition coefficient (Wildman–Crippen LogP) is 0.694. The fraction of sp³-hybridized carbons (Fsp3) is 0.537. The summed E-state index contributed by atoms with van der Waals surface area (Å²) >= 11 is 0. The van der Waals surface area contributed by atoms with Gasteiger partial charge in [0.15, 0.2) is 0 Å². The summed E-state index contributed by atoms with van der Waals surface area (Å²) in [5.74, 6) is -4.34. The van der Waals surface area contributed by atoms with E-state index in [4.69, 9.17) is 5.73 Å². The van der Waals surface area contributed by atoms with Gasteiger partial charge in [-0.1, -0.05) is 62.7 Å². The number of carboxylic acid groups (broad SMARTS) is 1. The molecule has 3 aliphatic rings. The number of nitrogens with zero attached hydrogens (tertiary/aromatic N) is 3. The highest BCUT2D eigenvalue weighted by atomic mass is 16.4. The Labute approximate surface area is 332 Å². The first-order valence-electron chi connectivity index (χ1n) is 19.9. The SMILES string of the molecule is CC[C@H](C)[C@H](NC(=O)[C@@H]1CCCN1C(=O)CNC(=O)[C@@H]1CCCN1C(=O)[C@H](Cc1ccccc1)NC(=O)[C@H]1CCCN1C(=O)[C@@H](N)Cc1ccc(O)cc1)C(=O)O. The molecule has 0 aliphatic carbocycles. The van der Waals surface area contributed by atoms with Crippen molar-refractivity contribution in [3.8, 4) is 5.75 Å². The quantitative estimate of drug-likeness (QED) is 0.139. The number of amides is 6. The molecule has 7 N–H and O–H groups in total. The lowest BCUT2D eigenvalue weighted by Gasteiger charge is -2.31. The number of carboxylic acids is 1. The van der Waals surface area contributed by atoms with E-state index in [0.29, 0.717) is 51.5 Å². The van der Waals surface area contributed by atoms with Crippen LogP contribution in [0.25, 0.3) is 0 Å². The number of likely N-dealkylation sites (tertiary alicyclic amines) is 3. The molecule has 2 aromatic carbocycles. The Morgan fingerprint density at radius 3 is 1.84 bits per heavy atom. The molecule has 7 atom stereocenters. The molecule has 0 unspecified atom stereocenters. The van der Waals surface area contributed by atoms with Crippen molar-refractivity contribution in [2.75, 3.05) is 26.2 Å². The summed E-state index contributed by atoms with van der Waals surface area (Å²) in [7, 11) is 0. The number of rotatable bonds is 16. The Morgan fingerprint density at radius 1 is 0.719 bits per heavy atom. The molecule has 3 aliphatic heterocycles. The minimum absolute atomic E-state index is 0.0934. The molecule has 308 valence electrons. The summed E-state index contributed by atoms with van der Waals surface area (Å²) < 4.78 is 0. The molecule has 0 bridgehead atoms. The Hall–Kier alpha value is -5.51. The highest BCUT2D eigenvalue weighted by molar-refractivity contribution is 5.97. The lowest BCUT2D eigenvalue weighted by atomic mass is 9.99. The van der Waals surface area contributed by atoms with E-state index in [2.05, 4.69) is 16.0 Å². The monoisotopic (exact) mass is 789 g/mol. The molecule has 0 aromatic heterocycles. The minimum Gasteiger partial charge on any atom is -0.508 e. The summed E-state index contributed by atoms with van der Waals surface area (Å²) in [4.78, 5) is 97.7. The highest BCUT2D eigenvalue weighted by Gasteiger charge is 2.42. The third kappa shape index (κ3) is 10.7. The summed E-state index contributed by atoms with van der Waals surface area (Å²) in [6.45, 7) is 3.99. The van der Waals surface area contributed by atoms with E-state index in [1.807, 2.05) is 37.3 Å². The maximum atomic E-state index is 14.3. The standard InChI is InChI=1S/C41H55N7O9/c1-3-25(2)35(41(56)57)45-38(53)32-13-7-19-46(32)34(50)24-43-36(51)31-12-8-21-48(31)40(55)30(23-26-10-5-4-6-11-26)44-37(52)33-14-9-20-47(33)39(54)29(42)22-27-15-17-28(49)18-16-27/h4-6,10-11,15-18,25,29-33,35,49H,3,7-9,12-14,19-24,42H2,1-2H3,(H,43,51)(H,44,52)(H,45,53)(H,56,57)/t25-,29-,30-,31-,32-,33+,35-/m0/s1. The lowest BCUT2D eigenvalue weighted by Crippen LogP contribution is -2.58. The number of carbonyl (C=O) groups is 7. The van der Waals surface area contributed by atoms with E-state index in [1.54, 1.807) is 19.1 Å². The van der Waals surface area contributed by atoms with Gasteiger partial charge in [0.2, 0.25) is 35.4 Å². The van der Waals surface area contributed by atoms with Gasteiger partial charge >= 0.3 is 5.97 Å². The molecule has 3 fully saturated rings. The van der Waals surface area contributed by atoms with Crippen molar-refractivity contribution in [2.24, 2.45) is 11.7 Å². The zero-order valence-electron chi connectivity index (χ0n) is 32.6. The molecular weight excluding hydrogens is 734 g/mol. The van der Waals surface area contributed by atoms with Gasteiger partial charge in [-0.25, -0.2) is 4.79 Å². The number of carbonyl (C=O) groups excluding carboxylic acids is 6. The first kappa shape index (κ1) is 42.6. The normalized spacial score (nSPS) is 21.3. The van der Waals surface area contributed by atoms with Crippen molar-refractivity contribution in [3.05, 3.63) is 65.7 Å². The number of nitrogens with one attached hydrogen (secondary N) is 3. The van der Waals surface area contributed by atoms with Crippen LogP contribution in [-0.4, -0.2) is 129 Å². The van der Waals surface area contributed by atoms with Crippen LogP contribution in [0.4, 0.5) is 0 Å². The van der Waals surface area contributed by atoms with Crippen LogP contribution in [0.1, 0.15) is 69.9 Å². The number of aromatic hydroxyl groups is 1. The van der Waals surface area contributed by atoms with Gasteiger partial charge in [-0.05, 0) is 74.1 Å². The topological polar surface area (TPSA) is 232 Å². The molecule has 16 heteroatoms. The van der Waals surface area contributed by atoms with Gasteiger partial charge in [0.25, 0.3) is 0 Å². The smallest absolute Gasteiger partial charge is 0.326 e. The maximum Gasteiger partial charge on any atom is 0.326 e. The van der Waals surface area contributed by atoms with Gasteiger partial charge in [0, 0.05) is 26.1 Å². The Balaban J connectivity index is 1.22. The molecule has 57 heavy (non-hydrogen) atoms. The number of phenolic OH excluding ortho intramolecular Hbond substituents is 1. The molecule has 16 nitrogen and oxygen atoms in total. The first-order chi connectivity index (χ1) is 27.3. The second-order valence-electron chi connectivity index (χ2n) is 15.3. The molecule has 6 amide bonds. The average molecular weight is 790 g/mol. The van der Waals surface area contributed by atoms with E-state index in [9.17, 15) is 43.8 Å². The molecule has 0 saturated carbocycles. The Morgan fingerprint density at radius 2 is 1.25 bits per heavy atom. The van der Waals surface area contributed by atoms with Gasteiger partial charge in [-0.3, -0.25) is 28.8 Å². The van der Waals surface area contributed by atoms with E-state index in [1.165, 1.54) is 26.8 Å². The van der Waals surface area contributed by atoms with E-state index >= 15 is 0 Å². The van der Waals surface area contributed by atoms with Crippen LogP contribution in [-0.2, 0) is 46.4 Å². The molecule has 0 spiro atoms. The largest absolute Gasteiger partial charge is 0.508 e. The van der Waals surface area contributed by atoms with Crippen LogP contribution in [0.2, 0.25) is 0 Å². The zero-order chi connectivity index (χ0) is 41.2. The van der Waals surface area contributed by atoms with Crippen molar-refractivity contribution < 1.29 is 43.8 Å². The van der Waals surface area contributed by atoms with Gasteiger partial charge < -0.3 is 46.6 Å². The second-order valence-corrected chi connectivity index (χ2v) is 15.3. The second kappa shape index (κ2) is 19.6. The Bertz CT molecular complexity index is 1780. The summed E-state index contributed by atoms with van der Waals surface area (Å²) in [5, 5.41) is 27.4. The summed E-state index contributed by atoms with van der Waals surface area (Å²) in [5.41, 5.74) is 7.84. The molecule has 3 saturated heterocycles. The summed E-state index contributed by atoms with van der Waals surface area (Å²) in [6, 6.07) is 9.81. The average Bonchev–Trinajstić information content (AvgIpc) is 4.01. The van der Waals surface area contributed by atoms with Crippen molar-refractivity contribution in [2.45, 2.75) is 108 Å². The van der Waals surface area contributed by atoms with Gasteiger partial charge in [-0.15, -0.1) is 0 Å². The molecular formula is C41H55N7O9. The van der Waals surface area contributed by atoms with E-state index in [-0.39, 0.29) is 37.6 Å². The Kier molecular flexibility index (Phi) is 14.6. The van der Waals surface area contributed by atoms with Crippen LogP contribution < -0.4 is 21.7 Å². The minimum atomic E-state index is -1.15. The van der Waals surface area contributed by atoms with Crippen LogP contribution in [0, 0.1) is 5.92 Å². The van der Waals surface area contributed by atoms with Crippen LogP contribution in [0.5, 0.6) is 5.75 Å². The number of phenols is 1. The van der Waals surface area contributed by atoms with Crippen LogP contribution >= 0.6 is 0 Å². The molecule has 0 radical (unpaired) electrons. The number of hydrogen-bond acceptors (Lipinski definition) is 9. The lowest BCUT2D eigenvalue weighted by molar-refractivity contribution is -0.145. The van der Waals surface area contributed by atoms with Crippen LogP contribution in [0.3, 0.4) is 0 Å². The fourth-order valence-corrected chi connectivity index (χ4v) is 7.96. The number of benzene rings is 2. The van der Waals surface area contributed by atoms with Gasteiger partial charge in [0.1, 0.15) is 36.0 Å². The zero-order valence-corrected chi connectivity index (χ0v) is 32.6. The van der Waals surface area contributed by atoms with E-state index in [0.717, 1.165) is 11.1 Å². The van der Waals surface area contributed by atoms with Crippen molar-refractivity contribution in [3.63, 3.8) is 0 Å². The number of aliphatic carboxylic acids is 1. The predicted molar refractivity (Wildman–Crippen MR) is 208 cm³/mol. The van der Waals surface area contributed by atoms with Crippen molar-refractivity contribution in [1.82, 2.24) is 30.7 Å². The third-order valence-corrected chi connectivity index (χ3v) is 11.3.